The Morgan fingerprint density at radius 3 is 2.15 bits per heavy atom. The summed E-state index contributed by atoms with van der Waals surface area (Å²) in [7, 11) is 0. The van der Waals surface area contributed by atoms with Crippen molar-refractivity contribution in [1.82, 2.24) is 9.80 Å². The van der Waals surface area contributed by atoms with Crippen molar-refractivity contribution in [3.8, 4) is 0 Å². The van der Waals surface area contributed by atoms with Gasteiger partial charge in [-0.2, -0.15) is 0 Å². The zero-order chi connectivity index (χ0) is 14.5. The van der Waals surface area contributed by atoms with Gasteiger partial charge in [-0.05, 0) is 31.4 Å². The summed E-state index contributed by atoms with van der Waals surface area (Å²) in [6, 6.07) is 9.57. The smallest absolute Gasteiger partial charge is 0.0424 e. The molecule has 0 amide bonds. The maximum atomic E-state index is 6.36. The molecule has 2 rings (SSSR count). The number of rotatable bonds is 5. The molecule has 0 bridgehead atoms. The number of hydrogen-bond acceptors (Lipinski definition) is 3. The van der Waals surface area contributed by atoms with Crippen LogP contribution in [-0.2, 0) is 6.42 Å². The Bertz CT molecular complexity index is 391. The van der Waals surface area contributed by atoms with Crippen LogP contribution in [0, 0.1) is 0 Å². The highest BCUT2D eigenvalue weighted by Gasteiger charge is 2.20. The van der Waals surface area contributed by atoms with Crippen LogP contribution in [0.1, 0.15) is 37.9 Å². The fraction of sp³-hybridized carbons (Fsp3) is 0.647. The molecule has 1 fully saturated rings. The molecule has 1 aliphatic rings. The van der Waals surface area contributed by atoms with E-state index >= 15 is 0 Å². The zero-order valence-electron chi connectivity index (χ0n) is 13.2. The van der Waals surface area contributed by atoms with Crippen LogP contribution in [0.2, 0.25) is 0 Å². The standard InChI is InChI=1S/C17H29N3/c1-4-15-5-7-16(8-6-15)17(18)13-19-9-11-20(12-10-19)14(2)3/h5-8,14,17H,4,9-13,18H2,1-3H3. The lowest BCUT2D eigenvalue weighted by molar-refractivity contribution is 0.104. The number of piperazine rings is 1. The van der Waals surface area contributed by atoms with Crippen LogP contribution in [0.4, 0.5) is 0 Å². The SMILES string of the molecule is CCc1ccc(C(N)CN2CCN(C(C)C)CC2)cc1. The lowest BCUT2D eigenvalue weighted by Gasteiger charge is -2.37. The van der Waals surface area contributed by atoms with Crippen LogP contribution in [0.15, 0.2) is 24.3 Å². The van der Waals surface area contributed by atoms with Crippen molar-refractivity contribution in [2.45, 2.75) is 39.3 Å². The molecule has 0 spiro atoms. The van der Waals surface area contributed by atoms with Gasteiger partial charge in [-0.1, -0.05) is 31.2 Å². The van der Waals surface area contributed by atoms with E-state index in [0.29, 0.717) is 6.04 Å². The molecular weight excluding hydrogens is 246 g/mol. The minimum Gasteiger partial charge on any atom is -0.323 e. The number of aryl methyl sites for hydroxylation is 1. The third kappa shape index (κ3) is 4.05. The Labute approximate surface area is 123 Å². The zero-order valence-corrected chi connectivity index (χ0v) is 13.2. The molecule has 3 nitrogen and oxygen atoms in total. The van der Waals surface area contributed by atoms with Crippen molar-refractivity contribution in [3.63, 3.8) is 0 Å². The number of nitrogens with zero attached hydrogens (tertiary/aromatic N) is 2. The number of benzene rings is 1. The average molecular weight is 275 g/mol. The van der Waals surface area contributed by atoms with Crippen LogP contribution in [0.3, 0.4) is 0 Å². The molecule has 1 atom stereocenters. The van der Waals surface area contributed by atoms with Crippen molar-refractivity contribution in [3.05, 3.63) is 35.4 Å². The maximum Gasteiger partial charge on any atom is 0.0424 e. The van der Waals surface area contributed by atoms with Gasteiger partial charge in [0.1, 0.15) is 0 Å². The second-order valence-electron chi connectivity index (χ2n) is 6.13. The third-order valence-electron chi connectivity index (χ3n) is 4.41. The van der Waals surface area contributed by atoms with Crippen molar-refractivity contribution >= 4 is 0 Å². The molecule has 1 aromatic carbocycles. The first kappa shape index (κ1) is 15.5. The van der Waals surface area contributed by atoms with Gasteiger partial charge in [0.15, 0.2) is 0 Å². The molecule has 0 aliphatic carbocycles. The second-order valence-corrected chi connectivity index (χ2v) is 6.13. The first-order valence-corrected chi connectivity index (χ1v) is 7.91. The molecule has 112 valence electrons. The summed E-state index contributed by atoms with van der Waals surface area (Å²) in [4.78, 5) is 5.04. The highest BCUT2D eigenvalue weighted by molar-refractivity contribution is 5.25. The highest BCUT2D eigenvalue weighted by Crippen LogP contribution is 2.15. The molecule has 3 heteroatoms. The van der Waals surface area contributed by atoms with E-state index in [1.165, 1.54) is 24.2 Å². The van der Waals surface area contributed by atoms with E-state index in [2.05, 4.69) is 54.8 Å². The second kappa shape index (κ2) is 7.21. The molecule has 2 N–H and O–H groups in total. The van der Waals surface area contributed by atoms with Gasteiger partial charge in [-0.15, -0.1) is 0 Å². The van der Waals surface area contributed by atoms with E-state index < -0.39 is 0 Å². The molecule has 0 aromatic heterocycles. The normalized spacial score (nSPS) is 19.4. The molecular formula is C17H29N3. The number of hydrogen-bond donors (Lipinski definition) is 1. The fourth-order valence-corrected chi connectivity index (χ4v) is 2.85. The Morgan fingerprint density at radius 1 is 1.05 bits per heavy atom. The van der Waals surface area contributed by atoms with E-state index in [0.717, 1.165) is 26.1 Å². The monoisotopic (exact) mass is 275 g/mol. The Balaban J connectivity index is 1.84. The molecule has 1 aliphatic heterocycles. The van der Waals surface area contributed by atoms with E-state index in [1.807, 2.05) is 0 Å². The van der Waals surface area contributed by atoms with Crippen LogP contribution < -0.4 is 5.73 Å². The largest absolute Gasteiger partial charge is 0.323 e. The van der Waals surface area contributed by atoms with Gasteiger partial charge in [0, 0.05) is 44.8 Å². The average Bonchev–Trinajstić information content (AvgIpc) is 2.48. The molecule has 1 saturated heterocycles. The topological polar surface area (TPSA) is 32.5 Å². The van der Waals surface area contributed by atoms with Crippen molar-refractivity contribution < 1.29 is 0 Å². The molecule has 1 aromatic rings. The minimum atomic E-state index is 0.131. The van der Waals surface area contributed by atoms with E-state index in [4.69, 9.17) is 5.73 Å². The quantitative estimate of drug-likeness (QED) is 0.895. The van der Waals surface area contributed by atoms with Gasteiger partial charge in [0.2, 0.25) is 0 Å². The lowest BCUT2D eigenvalue weighted by Crippen LogP contribution is -2.50. The van der Waals surface area contributed by atoms with Gasteiger partial charge in [0.25, 0.3) is 0 Å². The van der Waals surface area contributed by atoms with E-state index in [1.54, 1.807) is 0 Å². The third-order valence-corrected chi connectivity index (χ3v) is 4.41. The van der Waals surface area contributed by atoms with Gasteiger partial charge >= 0.3 is 0 Å². The summed E-state index contributed by atoms with van der Waals surface area (Å²) in [5.41, 5.74) is 9.00. The van der Waals surface area contributed by atoms with Gasteiger partial charge in [0.05, 0.1) is 0 Å². The molecule has 0 saturated carbocycles. The summed E-state index contributed by atoms with van der Waals surface area (Å²) in [6.45, 7) is 12.3. The summed E-state index contributed by atoms with van der Waals surface area (Å²) < 4.78 is 0. The fourth-order valence-electron chi connectivity index (χ4n) is 2.85. The van der Waals surface area contributed by atoms with Gasteiger partial charge in [-0.25, -0.2) is 0 Å². The summed E-state index contributed by atoms with van der Waals surface area (Å²) >= 11 is 0. The minimum absolute atomic E-state index is 0.131. The van der Waals surface area contributed by atoms with Crippen molar-refractivity contribution in [1.29, 1.82) is 0 Å². The molecule has 0 radical (unpaired) electrons. The maximum absolute atomic E-state index is 6.36. The first-order chi connectivity index (χ1) is 9.60. The summed E-state index contributed by atoms with van der Waals surface area (Å²) in [6.07, 6.45) is 1.09. The Morgan fingerprint density at radius 2 is 1.65 bits per heavy atom. The van der Waals surface area contributed by atoms with Gasteiger partial charge in [-0.3, -0.25) is 9.80 Å². The first-order valence-electron chi connectivity index (χ1n) is 7.91. The van der Waals surface area contributed by atoms with Crippen LogP contribution in [0.25, 0.3) is 0 Å². The van der Waals surface area contributed by atoms with Crippen LogP contribution >= 0.6 is 0 Å². The predicted molar refractivity (Wildman–Crippen MR) is 85.9 cm³/mol. The van der Waals surface area contributed by atoms with E-state index in [9.17, 15) is 0 Å². The summed E-state index contributed by atoms with van der Waals surface area (Å²) in [5, 5.41) is 0. The van der Waals surface area contributed by atoms with Gasteiger partial charge < -0.3 is 5.73 Å². The van der Waals surface area contributed by atoms with E-state index in [-0.39, 0.29) is 6.04 Å². The number of nitrogens with two attached hydrogens (primary N) is 1. The van der Waals surface area contributed by atoms with Crippen molar-refractivity contribution in [2.75, 3.05) is 32.7 Å². The summed E-state index contributed by atoms with van der Waals surface area (Å²) in [5.74, 6) is 0. The van der Waals surface area contributed by atoms with Crippen molar-refractivity contribution in [2.24, 2.45) is 5.73 Å². The molecule has 20 heavy (non-hydrogen) atoms. The predicted octanol–water partition coefficient (Wildman–Crippen LogP) is 2.27. The van der Waals surface area contributed by atoms with Crippen LogP contribution in [-0.4, -0.2) is 48.6 Å². The molecule has 1 unspecified atom stereocenters. The highest BCUT2D eigenvalue weighted by atomic mass is 15.3. The lowest BCUT2D eigenvalue weighted by atomic mass is 10.0. The Kier molecular flexibility index (Phi) is 5.58. The Hall–Kier alpha value is -0.900. The van der Waals surface area contributed by atoms with Crippen LogP contribution in [0.5, 0.6) is 0 Å². The molecule has 1 heterocycles.